The number of aliphatic carboxylic acids is 1. The van der Waals surface area contributed by atoms with Crippen molar-refractivity contribution in [1.82, 2.24) is 4.98 Å². The smallest absolute Gasteiger partial charge is 0.326 e. The number of hydrogen-bond donors (Lipinski definition) is 1. The number of oxazole rings is 1. The van der Waals surface area contributed by atoms with Crippen molar-refractivity contribution in [3.05, 3.63) is 22.2 Å². The van der Waals surface area contributed by atoms with E-state index in [2.05, 4.69) is 4.98 Å². The molecule has 5 nitrogen and oxygen atoms in total. The summed E-state index contributed by atoms with van der Waals surface area (Å²) < 4.78 is 5.45. The molecule has 0 aliphatic rings. The van der Waals surface area contributed by atoms with Crippen LogP contribution < -0.4 is 4.90 Å². The summed E-state index contributed by atoms with van der Waals surface area (Å²) in [6, 6.07) is 2.58. The van der Waals surface area contributed by atoms with E-state index in [4.69, 9.17) is 32.7 Å². The Hall–Kier alpha value is -1.46. The van der Waals surface area contributed by atoms with Crippen molar-refractivity contribution in [3.8, 4) is 0 Å². The van der Waals surface area contributed by atoms with Gasteiger partial charge in [-0.25, -0.2) is 4.79 Å². The Bertz CT molecular complexity index is 612. The highest BCUT2D eigenvalue weighted by Gasteiger charge is 2.22. The van der Waals surface area contributed by atoms with E-state index in [9.17, 15) is 4.79 Å². The van der Waals surface area contributed by atoms with E-state index in [1.807, 2.05) is 0 Å². The fraction of sp³-hybridized carbons (Fsp3) is 0.273. The van der Waals surface area contributed by atoms with Gasteiger partial charge in [0.15, 0.2) is 5.58 Å². The predicted molar refractivity (Wildman–Crippen MR) is 69.5 cm³/mol. The van der Waals surface area contributed by atoms with Crippen molar-refractivity contribution in [1.29, 1.82) is 0 Å². The van der Waals surface area contributed by atoms with Crippen LogP contribution in [0.5, 0.6) is 0 Å². The molecule has 2 rings (SSSR count). The van der Waals surface area contributed by atoms with E-state index in [1.165, 1.54) is 11.8 Å². The second-order valence-electron chi connectivity index (χ2n) is 3.86. The molecule has 0 saturated carbocycles. The molecule has 7 heteroatoms. The van der Waals surface area contributed by atoms with Crippen LogP contribution in [-0.4, -0.2) is 29.1 Å². The van der Waals surface area contributed by atoms with Gasteiger partial charge >= 0.3 is 5.97 Å². The third kappa shape index (κ3) is 2.23. The first-order valence-electron chi connectivity index (χ1n) is 5.11. The molecule has 1 aromatic heterocycles. The highest BCUT2D eigenvalue weighted by Crippen LogP contribution is 2.31. The fourth-order valence-electron chi connectivity index (χ4n) is 1.43. The number of carboxylic acids is 1. The van der Waals surface area contributed by atoms with Crippen LogP contribution in [0.4, 0.5) is 6.01 Å². The van der Waals surface area contributed by atoms with Crippen LogP contribution in [0.1, 0.15) is 6.92 Å². The first-order chi connectivity index (χ1) is 8.40. The number of anilines is 1. The van der Waals surface area contributed by atoms with Crippen molar-refractivity contribution < 1.29 is 14.3 Å². The van der Waals surface area contributed by atoms with Crippen molar-refractivity contribution in [3.63, 3.8) is 0 Å². The van der Waals surface area contributed by atoms with Crippen LogP contribution in [-0.2, 0) is 4.79 Å². The molecule has 1 unspecified atom stereocenters. The number of fused-ring (bicyclic) bond motifs is 1. The Morgan fingerprint density at radius 2 is 2.17 bits per heavy atom. The Labute approximate surface area is 113 Å². The molecular formula is C11H10Cl2N2O3. The lowest BCUT2D eigenvalue weighted by atomic mass is 10.3. The predicted octanol–water partition coefficient (Wildman–Crippen LogP) is 3.04. The van der Waals surface area contributed by atoms with Crippen molar-refractivity contribution in [2.45, 2.75) is 13.0 Å². The minimum absolute atomic E-state index is 0.184. The van der Waals surface area contributed by atoms with Crippen LogP contribution in [0.15, 0.2) is 16.5 Å². The van der Waals surface area contributed by atoms with E-state index in [1.54, 1.807) is 19.2 Å². The molecular weight excluding hydrogens is 279 g/mol. The number of benzene rings is 1. The molecule has 0 aliphatic heterocycles. The molecule has 1 heterocycles. The average Bonchev–Trinajstić information content (AvgIpc) is 2.70. The molecule has 96 valence electrons. The summed E-state index contributed by atoms with van der Waals surface area (Å²) in [6.45, 7) is 1.53. The summed E-state index contributed by atoms with van der Waals surface area (Å²) in [7, 11) is 1.58. The summed E-state index contributed by atoms with van der Waals surface area (Å²) in [5.74, 6) is -0.969. The van der Waals surface area contributed by atoms with Gasteiger partial charge in [-0.2, -0.15) is 4.98 Å². The van der Waals surface area contributed by atoms with E-state index in [-0.39, 0.29) is 6.01 Å². The number of carboxylic acid groups (broad SMARTS) is 1. The molecule has 0 radical (unpaired) electrons. The molecule has 0 bridgehead atoms. The first kappa shape index (κ1) is 13.0. The van der Waals surface area contributed by atoms with Crippen LogP contribution in [0.3, 0.4) is 0 Å². The van der Waals surface area contributed by atoms with Crippen LogP contribution in [0, 0.1) is 0 Å². The van der Waals surface area contributed by atoms with Gasteiger partial charge in [-0.05, 0) is 19.1 Å². The number of likely N-dealkylation sites (N-methyl/N-ethyl adjacent to an activating group) is 1. The van der Waals surface area contributed by atoms with Gasteiger partial charge in [0.2, 0.25) is 0 Å². The number of aromatic nitrogens is 1. The lowest BCUT2D eigenvalue weighted by Gasteiger charge is -2.18. The van der Waals surface area contributed by atoms with Gasteiger partial charge in [0, 0.05) is 12.1 Å². The van der Waals surface area contributed by atoms with Gasteiger partial charge < -0.3 is 14.4 Å². The molecule has 0 spiro atoms. The van der Waals surface area contributed by atoms with Crippen LogP contribution in [0.25, 0.3) is 11.1 Å². The second kappa shape index (κ2) is 4.66. The quantitative estimate of drug-likeness (QED) is 0.940. The molecule has 0 aliphatic carbocycles. The van der Waals surface area contributed by atoms with Gasteiger partial charge in [0.1, 0.15) is 11.6 Å². The zero-order valence-electron chi connectivity index (χ0n) is 9.65. The summed E-state index contributed by atoms with van der Waals surface area (Å²) in [5.41, 5.74) is 0.882. The molecule has 2 aromatic rings. The first-order valence-corrected chi connectivity index (χ1v) is 5.87. The van der Waals surface area contributed by atoms with Crippen molar-refractivity contribution in [2.24, 2.45) is 0 Å². The summed E-state index contributed by atoms with van der Waals surface area (Å²) in [4.78, 5) is 16.5. The summed E-state index contributed by atoms with van der Waals surface area (Å²) in [5, 5.41) is 9.72. The van der Waals surface area contributed by atoms with Crippen LogP contribution in [0.2, 0.25) is 10.0 Å². The fourth-order valence-corrected chi connectivity index (χ4v) is 1.95. The van der Waals surface area contributed by atoms with Gasteiger partial charge in [-0.3, -0.25) is 0 Å². The van der Waals surface area contributed by atoms with E-state index in [0.29, 0.717) is 21.1 Å². The number of rotatable bonds is 3. The van der Waals surface area contributed by atoms with Gasteiger partial charge in [-0.15, -0.1) is 0 Å². The number of carbonyl (C=O) groups is 1. The Kier molecular flexibility index (Phi) is 3.36. The van der Waals surface area contributed by atoms with Gasteiger partial charge in [0.25, 0.3) is 6.01 Å². The monoisotopic (exact) mass is 288 g/mol. The minimum Gasteiger partial charge on any atom is -0.480 e. The van der Waals surface area contributed by atoms with E-state index >= 15 is 0 Å². The maximum atomic E-state index is 10.9. The lowest BCUT2D eigenvalue weighted by Crippen LogP contribution is -2.35. The maximum Gasteiger partial charge on any atom is 0.326 e. The third-order valence-corrected chi connectivity index (χ3v) is 3.14. The molecule has 1 atom stereocenters. The average molecular weight is 289 g/mol. The summed E-state index contributed by atoms with van der Waals surface area (Å²) >= 11 is 11.8. The molecule has 1 aromatic carbocycles. The van der Waals surface area contributed by atoms with E-state index < -0.39 is 12.0 Å². The van der Waals surface area contributed by atoms with E-state index in [0.717, 1.165) is 0 Å². The number of hydrogen-bond acceptors (Lipinski definition) is 4. The lowest BCUT2D eigenvalue weighted by molar-refractivity contribution is -0.138. The van der Waals surface area contributed by atoms with Crippen molar-refractivity contribution in [2.75, 3.05) is 11.9 Å². The molecule has 0 amide bonds. The Balaban J connectivity index is 2.47. The second-order valence-corrected chi connectivity index (χ2v) is 4.70. The molecule has 0 saturated heterocycles. The van der Waals surface area contributed by atoms with Crippen molar-refractivity contribution >= 4 is 46.3 Å². The van der Waals surface area contributed by atoms with Crippen LogP contribution >= 0.6 is 23.2 Å². The van der Waals surface area contributed by atoms with Gasteiger partial charge in [0.05, 0.1) is 5.02 Å². The standard InChI is InChI=1S/C11H10Cl2N2O3/c1-5(10(16)17)15(2)11-14-8-4-6(12)3-7(13)9(8)18-11/h3-5H,1-2H3,(H,16,17). The normalized spacial score (nSPS) is 12.7. The minimum atomic E-state index is -0.969. The number of halogens is 2. The van der Waals surface area contributed by atoms with Gasteiger partial charge in [-0.1, -0.05) is 23.2 Å². The maximum absolute atomic E-state index is 10.9. The molecule has 1 N–H and O–H groups in total. The number of nitrogens with zero attached hydrogens (tertiary/aromatic N) is 2. The highest BCUT2D eigenvalue weighted by atomic mass is 35.5. The zero-order valence-corrected chi connectivity index (χ0v) is 11.2. The molecule has 0 fully saturated rings. The third-order valence-electron chi connectivity index (χ3n) is 2.64. The largest absolute Gasteiger partial charge is 0.480 e. The summed E-state index contributed by atoms with van der Waals surface area (Å²) in [6.07, 6.45) is 0. The zero-order chi connectivity index (χ0) is 13.4. The molecule has 18 heavy (non-hydrogen) atoms. The Morgan fingerprint density at radius 3 is 2.78 bits per heavy atom. The topological polar surface area (TPSA) is 66.6 Å². The highest BCUT2D eigenvalue weighted by molar-refractivity contribution is 6.38. The SMILES string of the molecule is CC(C(=O)O)N(C)c1nc2cc(Cl)cc(Cl)c2o1. The Morgan fingerprint density at radius 1 is 1.50 bits per heavy atom.